The number of hydrogen-bond donors (Lipinski definition) is 10. The van der Waals surface area contributed by atoms with E-state index in [0.29, 0.717) is 96.6 Å². The second-order valence-electron chi connectivity index (χ2n) is 45.7. The molecule has 0 radical (unpaired) electrons. The summed E-state index contributed by atoms with van der Waals surface area (Å²) in [4.78, 5) is 130. The zero-order chi connectivity index (χ0) is 103. The van der Waals surface area contributed by atoms with Gasteiger partial charge in [0.2, 0.25) is 23.6 Å². The van der Waals surface area contributed by atoms with Crippen molar-refractivity contribution in [3.05, 3.63) is 50.6 Å². The van der Waals surface area contributed by atoms with Crippen molar-refractivity contribution >= 4 is 111 Å². The average Bonchev–Trinajstić information content (AvgIpc) is 1.46. The number of morpholine rings is 1. The Labute approximate surface area is 827 Å². The summed E-state index contributed by atoms with van der Waals surface area (Å²) in [5.74, 6) is -0.797. The maximum absolute atomic E-state index is 12.9. The van der Waals surface area contributed by atoms with Gasteiger partial charge in [-0.25, -0.2) is 19.2 Å². The summed E-state index contributed by atoms with van der Waals surface area (Å²) >= 11 is 5.30. The first kappa shape index (κ1) is 124. The number of aliphatic carboxylic acids is 1. The average molecular weight is 2220 g/mol. The van der Waals surface area contributed by atoms with Crippen molar-refractivity contribution in [2.45, 2.75) is 345 Å². The van der Waals surface area contributed by atoms with Gasteiger partial charge in [-0.1, -0.05) is 37.1 Å². The number of carboxylic acid groups (broad SMARTS) is 1. The third kappa shape index (κ3) is 42.1. The monoisotopic (exact) mass is 2220 g/mol. The number of halogens is 3. The number of epoxide rings is 1. The molecule has 3 unspecified atom stereocenters. The number of likely N-dealkylation sites (tertiary alicyclic amines) is 6. The summed E-state index contributed by atoms with van der Waals surface area (Å²) in [5, 5.41) is 49.3. The van der Waals surface area contributed by atoms with Crippen molar-refractivity contribution in [1.29, 1.82) is 0 Å². The van der Waals surface area contributed by atoms with Crippen LogP contribution >= 0.6 is 37.2 Å². The number of nitrogens with two attached hydrogens (primary N) is 2. The second-order valence-corrected chi connectivity index (χ2v) is 62.0. The van der Waals surface area contributed by atoms with Crippen LogP contribution in [0, 0.1) is 51.8 Å². The molecule has 33 nitrogen and oxygen atoms in total. The minimum absolute atomic E-state index is 0.0251. The number of ketones is 1. The van der Waals surface area contributed by atoms with E-state index >= 15 is 0 Å². The molecule has 12 N–H and O–H groups in total. The number of carboxylic acids is 1. The zero-order valence-corrected chi connectivity index (χ0v) is 92.7. The molecular formula is C95H172B2I3N12O21-. The van der Waals surface area contributed by atoms with Crippen molar-refractivity contribution < 1.29 is 114 Å². The van der Waals surface area contributed by atoms with Gasteiger partial charge in [0, 0.05) is 93.3 Å². The Bertz CT molecular complexity index is 3810. The van der Waals surface area contributed by atoms with Crippen LogP contribution in [0.1, 0.15) is 252 Å². The van der Waals surface area contributed by atoms with Crippen LogP contribution in [0.3, 0.4) is 0 Å². The van der Waals surface area contributed by atoms with E-state index in [-0.39, 0.29) is 149 Å². The normalized spacial score (nSPS) is 27.1. The van der Waals surface area contributed by atoms with Crippen LogP contribution in [0.2, 0.25) is 12.6 Å². The molecule has 9 aliphatic rings. The van der Waals surface area contributed by atoms with Crippen LogP contribution < -0.4 is 46.0 Å². The summed E-state index contributed by atoms with van der Waals surface area (Å²) in [6.07, 6.45) is 12.8. The van der Waals surface area contributed by atoms with Gasteiger partial charge in [-0.3, -0.25) is 28.8 Å². The summed E-state index contributed by atoms with van der Waals surface area (Å²) in [7, 11) is 0.542. The predicted octanol–water partition coefficient (Wildman–Crippen LogP) is 9.79. The van der Waals surface area contributed by atoms with Crippen LogP contribution in [0.4, 0.5) is 19.2 Å². The molecule has 0 aromatic carbocycles. The fourth-order valence-corrected chi connectivity index (χ4v) is 16.5. The van der Waals surface area contributed by atoms with Crippen LogP contribution in [0.15, 0.2) is 50.6 Å². The van der Waals surface area contributed by atoms with E-state index in [0.717, 1.165) is 58.2 Å². The van der Waals surface area contributed by atoms with Crippen molar-refractivity contribution in [3.63, 3.8) is 0 Å². The number of rotatable bonds is 21. The Hall–Kier alpha value is -5.02. The molecule has 9 heterocycles. The number of aliphatic hydroxyl groups is 1. The summed E-state index contributed by atoms with van der Waals surface area (Å²) in [6, 6.07) is -0.703. The Morgan fingerprint density at radius 2 is 0.947 bits per heavy atom. The number of nitrogens with one attached hydrogen (secondary N) is 4. The van der Waals surface area contributed by atoms with Crippen LogP contribution in [-0.2, 0) is 61.8 Å². The van der Waals surface area contributed by atoms with E-state index in [1.54, 1.807) is 26.9 Å². The molecule has 0 bridgehead atoms. The Kier molecular flexibility index (Phi) is 48.4. The number of nitrogens with zero attached hydrogens (tertiary/aromatic N) is 6. The second kappa shape index (κ2) is 51.9. The standard InChI is InChI=1S/C20H39BN2O3.C18H32N2O3.C13H24N2O.C12H21NO3.C12H19NO3.C11H22BN3O5.C9H15NO3.I3/c1-17(2,3)22-16(24)20(8)14-23(9)13-15(20)11-10-12-21-25-18(4,5)19(6,7)26-21;1-9-10-13-11-20(15(22)23-17(5,6)7)12-18(13,8)14(21)19-16(2,3)4;1-6-7-10-8-14-9-13(10,5)11(16)15-12(2,3)4;2*1-5-6-9-7-13(8-10(9)14)11(15)16-12(2,3)4;1-7(13)9(16)15-5-8(3-2-4-12(19)20)11(14,6-15)10(17)18;1-9(2,3)13-8(11)10-4-6-7(5-10)12-6;1-3-2/h15H,10-14H2,1-9H3,(H,22,24);9,13H,1,10-12H2,2-8H3,(H,19,21);6,10,14H,1,7-9H2,2-5H3,(H,15,16);5,9-10,14H,1,6-8H2,2-4H3;5,9H,1,6-8H2,2-4H3;7-8,19-20H,2-6,13-14H2,1H3,(H,17,18);6-7H,4-5H2,1-3H3;/q;;;;;;;-1/t15-,20+;13-,18+;10-,13+;9-,10-;;7-,8-,11-;;/m0000.0../s1. The van der Waals surface area contributed by atoms with Gasteiger partial charge in [-0.2, -0.15) is 0 Å². The number of carbonyl (C=O) groups is 10. The molecule has 0 aliphatic carbocycles. The molecule has 0 saturated carbocycles. The fraction of sp³-hybridized carbons (Fsp3) is 0.811. The Morgan fingerprint density at radius 1 is 0.549 bits per heavy atom. The van der Waals surface area contributed by atoms with E-state index < -0.39 is 70.6 Å². The molecule has 14 atom stereocenters. The van der Waals surface area contributed by atoms with E-state index in [4.69, 9.17) is 54.5 Å². The Balaban J connectivity index is 0.000000527. The fourth-order valence-electron chi connectivity index (χ4n) is 16.5. The van der Waals surface area contributed by atoms with Crippen molar-refractivity contribution in [2.75, 3.05) is 98.7 Å². The van der Waals surface area contributed by atoms with Gasteiger partial charge in [0.25, 0.3) is 0 Å². The minimum atomic E-state index is -1.51. The third-order valence-electron chi connectivity index (χ3n) is 24.3. The molecule has 9 saturated heterocycles. The summed E-state index contributed by atoms with van der Waals surface area (Å²) in [6.45, 7) is 78.2. The first-order valence-corrected chi connectivity index (χ1v) is 59.3. The summed E-state index contributed by atoms with van der Waals surface area (Å²) < 4.78 is 38.5. The first-order valence-electron chi connectivity index (χ1n) is 46.7. The molecule has 8 amide bonds. The van der Waals surface area contributed by atoms with Gasteiger partial charge in [0.1, 0.15) is 40.2 Å². The van der Waals surface area contributed by atoms with Gasteiger partial charge in [-0.05, 0) is 283 Å². The third-order valence-corrected chi connectivity index (χ3v) is 24.3. The number of β-amino-alcohol motifs (C(OH)–C–C–N with tert-alkyl or cyclic N) is 1. The molecule has 9 aliphatic heterocycles. The van der Waals surface area contributed by atoms with Gasteiger partial charge < -0.3 is 115 Å². The van der Waals surface area contributed by atoms with Gasteiger partial charge in [0.15, 0.2) is 5.78 Å². The van der Waals surface area contributed by atoms with Gasteiger partial charge in [-0.15, -0.1) is 26.3 Å². The molecule has 9 fully saturated rings. The first-order chi connectivity index (χ1) is 60.5. The molecular weight excluding hydrogens is 2050 g/mol. The molecule has 0 spiro atoms. The SMILES string of the molecule is C=CCC1CN(C(=O)OC(C)(C)C)CC1=O.C=CC[C@H]1CN(C(=O)OC(C)(C)C)C[C@@H]1O.C=CC[C@H]1CN(C(=O)OC(C)(C)C)C[C@@]1(C)C(=O)NC(C)(C)C.C=CC[C@H]1CNC[C@@]1(C)C(=O)NC(C)(C)C.CC(C)(C)OC(=O)N1CC2OC2C1.CN1C[C@H](CCCB2OC(C)(C)C(C)(C)O2)[C@](C)(C(=O)NC(C)(C)C)C1.C[C@H](N)C(=O)N1C[C@H](CCCB(O)O)[C@](N)(C(=O)O)C1.I[I-]I. The Morgan fingerprint density at radius 3 is 1.36 bits per heavy atom. The number of allylic oxidation sites excluding steroid dienone is 4. The number of carbonyl (C=O) groups excluding carboxylic acids is 9. The number of ether oxygens (including phenoxy) is 5. The number of amides is 8. The molecule has 133 heavy (non-hydrogen) atoms. The van der Waals surface area contributed by atoms with Gasteiger partial charge in [0.05, 0.1) is 65.8 Å². The topological polar surface area (TPSA) is 439 Å². The molecule has 0 aromatic heterocycles. The molecule has 9 rings (SSSR count). The van der Waals surface area contributed by atoms with Crippen LogP contribution in [-0.4, -0.2) is 302 Å². The number of fused-ring (bicyclic) bond motifs is 1. The maximum atomic E-state index is 12.9. The van der Waals surface area contributed by atoms with E-state index in [2.05, 4.69) is 131 Å². The molecule has 766 valence electrons. The van der Waals surface area contributed by atoms with Crippen LogP contribution in [0.25, 0.3) is 0 Å². The molecule has 0 aromatic rings. The predicted molar refractivity (Wildman–Crippen MR) is 537 cm³/mol. The van der Waals surface area contributed by atoms with Crippen molar-refractivity contribution in [1.82, 2.24) is 50.7 Å². The number of aliphatic hydroxyl groups excluding tert-OH is 1. The zero-order valence-electron chi connectivity index (χ0n) is 86.2. The quantitative estimate of drug-likeness (QED) is 0.0168. The van der Waals surface area contributed by atoms with E-state index in [9.17, 15) is 58.2 Å². The molecule has 38 heteroatoms. The van der Waals surface area contributed by atoms with E-state index in [1.165, 1.54) is 16.7 Å². The summed E-state index contributed by atoms with van der Waals surface area (Å²) in [5.41, 5.74) is 5.50. The van der Waals surface area contributed by atoms with Crippen LogP contribution in [0.5, 0.6) is 0 Å². The van der Waals surface area contributed by atoms with Gasteiger partial charge >= 0.3 is 95.1 Å². The van der Waals surface area contributed by atoms with E-state index in [1.807, 2.05) is 171 Å². The number of Topliss-reactive ketones (excluding diaryl/α,β-unsaturated/α-hetero) is 1. The number of hydrogen-bond acceptors (Lipinski definition) is 24. The van der Waals surface area contributed by atoms with Crippen molar-refractivity contribution in [3.8, 4) is 0 Å². The van der Waals surface area contributed by atoms with Crippen molar-refractivity contribution in [2.24, 2.45) is 63.2 Å².